The molecule has 216 valence electrons. The van der Waals surface area contributed by atoms with E-state index in [2.05, 4.69) is 5.32 Å². The summed E-state index contributed by atoms with van der Waals surface area (Å²) in [5.41, 5.74) is 7.50. The summed E-state index contributed by atoms with van der Waals surface area (Å²) in [6.45, 7) is 6.15. The van der Waals surface area contributed by atoms with Crippen molar-refractivity contribution < 1.29 is 22.2 Å². The van der Waals surface area contributed by atoms with Crippen molar-refractivity contribution in [3.63, 3.8) is 0 Å². The molecule has 1 unspecified atom stereocenters. The summed E-state index contributed by atoms with van der Waals surface area (Å²) < 4.78 is 39.4. The second-order valence-corrected chi connectivity index (χ2v) is 13.9. The van der Waals surface area contributed by atoms with Gasteiger partial charge in [-0.25, -0.2) is 13.2 Å². The molecule has 2 aliphatic heterocycles. The zero-order valence-electron chi connectivity index (χ0n) is 23.4. The van der Waals surface area contributed by atoms with E-state index in [0.717, 1.165) is 48.1 Å². The van der Waals surface area contributed by atoms with E-state index in [1.165, 1.54) is 14.6 Å². The molecule has 39 heavy (non-hydrogen) atoms. The molecule has 1 saturated heterocycles. The van der Waals surface area contributed by atoms with Crippen LogP contribution in [0.1, 0.15) is 68.6 Å². The Hall–Kier alpha value is -2.57. The van der Waals surface area contributed by atoms with E-state index in [9.17, 15) is 22.2 Å². The van der Waals surface area contributed by atoms with Crippen molar-refractivity contribution >= 4 is 50.4 Å². The van der Waals surface area contributed by atoms with Gasteiger partial charge < -0.3 is 11.1 Å². The first kappa shape index (κ1) is 31.0. The van der Waals surface area contributed by atoms with Gasteiger partial charge in [0, 0.05) is 60.0 Å². The quantitative estimate of drug-likeness (QED) is 0.366. The monoisotopic (exact) mass is 579 g/mol. The van der Waals surface area contributed by atoms with Crippen LogP contribution in [0.4, 0.5) is 10.5 Å². The predicted molar refractivity (Wildman–Crippen MR) is 158 cm³/mol. The molecule has 1 aromatic rings. The lowest BCUT2D eigenvalue weighted by Crippen LogP contribution is -2.50. The Bertz CT molecular complexity index is 1240. The summed E-state index contributed by atoms with van der Waals surface area (Å²) in [6, 6.07) is 3.00. The normalized spacial score (nSPS) is 18.4. The first-order chi connectivity index (χ1) is 18.4. The molecule has 0 aliphatic carbocycles. The molecule has 0 aromatic heterocycles. The number of hydrogen-bond acceptors (Lipinski definition) is 6. The molecular formula is C27H41N5O5S2. The third kappa shape index (κ3) is 7.76. The molecule has 3 amide bonds. The molecular weight excluding hydrogens is 538 g/mol. The van der Waals surface area contributed by atoms with E-state index in [1.807, 2.05) is 20.8 Å². The topological polar surface area (TPSA) is 142 Å². The Kier molecular flexibility index (Phi) is 10.5. The maximum absolute atomic E-state index is 13.1. The molecule has 12 heteroatoms. The van der Waals surface area contributed by atoms with Crippen LogP contribution in [0.25, 0.3) is 6.08 Å². The van der Waals surface area contributed by atoms with Gasteiger partial charge in [0.15, 0.2) is 0 Å². The van der Waals surface area contributed by atoms with Crippen LogP contribution in [0.15, 0.2) is 22.5 Å². The van der Waals surface area contributed by atoms with Crippen LogP contribution in [-0.2, 0) is 25.6 Å². The van der Waals surface area contributed by atoms with E-state index in [-0.39, 0.29) is 19.0 Å². The number of sulfonamides is 1. The van der Waals surface area contributed by atoms with Gasteiger partial charge in [-0.05, 0) is 80.9 Å². The fourth-order valence-electron chi connectivity index (χ4n) is 4.99. The second-order valence-electron chi connectivity index (χ2n) is 10.3. The van der Waals surface area contributed by atoms with Crippen LogP contribution in [0.5, 0.6) is 0 Å². The fourth-order valence-corrected chi connectivity index (χ4v) is 7.35. The average molecular weight is 580 g/mol. The van der Waals surface area contributed by atoms with E-state index in [0.29, 0.717) is 36.5 Å². The highest BCUT2D eigenvalue weighted by molar-refractivity contribution is 7.92. The lowest BCUT2D eigenvalue weighted by atomic mass is 9.89. The van der Waals surface area contributed by atoms with Crippen LogP contribution in [-0.4, -0.2) is 71.9 Å². The van der Waals surface area contributed by atoms with Crippen molar-refractivity contribution in [3.05, 3.63) is 34.2 Å². The molecule has 0 bridgehead atoms. The van der Waals surface area contributed by atoms with Crippen molar-refractivity contribution in [1.29, 1.82) is 0 Å². The van der Waals surface area contributed by atoms with E-state index >= 15 is 0 Å². The lowest BCUT2D eigenvalue weighted by Gasteiger charge is -2.34. The zero-order chi connectivity index (χ0) is 28.8. The Balaban J connectivity index is 1.58. The van der Waals surface area contributed by atoms with Gasteiger partial charge >= 0.3 is 6.03 Å². The number of nitrogens with two attached hydrogens (primary N) is 1. The SMILES string of the molecule is CCCS(=O)CCCCCC1=NC2(CCN(S(=O)(=O)C=Cc3c(C)cc(N(C)C(N)=O)cc3C)CC2)C(=O)N1. The number of amidine groups is 1. The van der Waals surface area contributed by atoms with Gasteiger partial charge in [-0.1, -0.05) is 13.3 Å². The summed E-state index contributed by atoms with van der Waals surface area (Å²) in [7, 11) is -2.87. The summed E-state index contributed by atoms with van der Waals surface area (Å²) in [5.74, 6) is 1.98. The van der Waals surface area contributed by atoms with E-state index in [1.54, 1.807) is 25.3 Å². The molecule has 2 heterocycles. The number of nitrogens with zero attached hydrogens (tertiary/aromatic N) is 3. The molecule has 0 saturated carbocycles. The fraction of sp³-hybridized carbons (Fsp3) is 0.593. The number of primary amides is 1. The van der Waals surface area contributed by atoms with Crippen molar-refractivity contribution in [1.82, 2.24) is 9.62 Å². The summed E-state index contributed by atoms with van der Waals surface area (Å²) in [6.07, 6.45) is 6.52. The van der Waals surface area contributed by atoms with Gasteiger partial charge in [0.1, 0.15) is 11.4 Å². The van der Waals surface area contributed by atoms with Gasteiger partial charge in [-0.15, -0.1) is 0 Å². The number of unbranched alkanes of at least 4 members (excludes halogenated alkanes) is 2. The Labute approximate surface area is 234 Å². The number of carbonyl (C=O) groups excluding carboxylic acids is 2. The van der Waals surface area contributed by atoms with Crippen molar-refractivity contribution in [3.8, 4) is 0 Å². The molecule has 3 N–H and O–H groups in total. The average Bonchev–Trinajstić information content (AvgIpc) is 3.17. The van der Waals surface area contributed by atoms with Gasteiger partial charge in [-0.2, -0.15) is 4.31 Å². The van der Waals surface area contributed by atoms with Crippen LogP contribution in [0, 0.1) is 13.8 Å². The minimum Gasteiger partial charge on any atom is -0.351 e. The standard InChI is InChI=1S/C27H41N5O5S2/c1-5-15-38(35)16-8-6-7-9-24-29-25(33)27(30-24)11-13-32(14-12-27)39(36,37)17-10-23-20(2)18-22(19-21(23)3)31(4)26(28)34/h10,17-19H,5-9,11-16H2,1-4H3,(H2,28,34)(H,29,30,33). The first-order valence-corrected chi connectivity index (χ1v) is 16.5. The number of aliphatic imine (C=N–C) groups is 1. The molecule has 1 fully saturated rings. The maximum Gasteiger partial charge on any atom is 0.318 e. The number of benzene rings is 1. The third-order valence-electron chi connectivity index (χ3n) is 7.36. The smallest absolute Gasteiger partial charge is 0.318 e. The molecule has 2 aliphatic rings. The van der Waals surface area contributed by atoms with Gasteiger partial charge in [-0.3, -0.25) is 18.9 Å². The second kappa shape index (κ2) is 13.2. The van der Waals surface area contributed by atoms with Crippen LogP contribution >= 0.6 is 0 Å². The number of anilines is 1. The maximum atomic E-state index is 13.1. The number of hydrogen-bond donors (Lipinski definition) is 2. The summed E-state index contributed by atoms with van der Waals surface area (Å²) >= 11 is 0. The Morgan fingerprint density at radius 3 is 2.41 bits per heavy atom. The van der Waals surface area contributed by atoms with E-state index < -0.39 is 32.4 Å². The molecule has 10 nitrogen and oxygen atoms in total. The molecule has 0 radical (unpaired) electrons. The van der Waals surface area contributed by atoms with Crippen LogP contribution < -0.4 is 16.0 Å². The predicted octanol–water partition coefficient (Wildman–Crippen LogP) is 3.20. The highest BCUT2D eigenvalue weighted by atomic mass is 32.2. The number of aryl methyl sites for hydroxylation is 2. The summed E-state index contributed by atoms with van der Waals surface area (Å²) in [5, 5.41) is 4.11. The highest BCUT2D eigenvalue weighted by Gasteiger charge is 2.46. The molecule has 1 atom stereocenters. The van der Waals surface area contributed by atoms with Gasteiger partial charge in [0.05, 0.1) is 0 Å². The Morgan fingerprint density at radius 2 is 1.82 bits per heavy atom. The molecule has 1 spiro atoms. The van der Waals surface area contributed by atoms with Gasteiger partial charge in [0.2, 0.25) is 10.0 Å². The number of piperidine rings is 1. The largest absolute Gasteiger partial charge is 0.351 e. The highest BCUT2D eigenvalue weighted by Crippen LogP contribution is 2.32. The molecule has 3 rings (SSSR count). The minimum absolute atomic E-state index is 0.151. The zero-order valence-corrected chi connectivity index (χ0v) is 25.0. The van der Waals surface area contributed by atoms with E-state index in [4.69, 9.17) is 10.7 Å². The first-order valence-electron chi connectivity index (χ1n) is 13.5. The minimum atomic E-state index is -3.70. The number of amides is 3. The Morgan fingerprint density at radius 1 is 1.18 bits per heavy atom. The lowest BCUT2D eigenvalue weighted by molar-refractivity contribution is -0.124. The number of urea groups is 1. The number of nitrogens with one attached hydrogen (secondary N) is 1. The summed E-state index contributed by atoms with van der Waals surface area (Å²) in [4.78, 5) is 30.3. The van der Waals surface area contributed by atoms with Gasteiger partial charge in [0.25, 0.3) is 5.91 Å². The third-order valence-corrected chi connectivity index (χ3v) is 10.5. The number of carbonyl (C=O) groups is 2. The van der Waals surface area contributed by atoms with Crippen LogP contribution in [0.2, 0.25) is 0 Å². The molecule has 1 aromatic carbocycles. The van der Waals surface area contributed by atoms with Crippen molar-refractivity contribution in [2.24, 2.45) is 10.7 Å². The van der Waals surface area contributed by atoms with Crippen LogP contribution in [0.3, 0.4) is 0 Å². The number of rotatable bonds is 12. The van der Waals surface area contributed by atoms with Crippen molar-refractivity contribution in [2.75, 3.05) is 36.5 Å². The van der Waals surface area contributed by atoms with Crippen molar-refractivity contribution in [2.45, 2.75) is 71.3 Å².